The standard InChI is InChI=1S/C17H16Br2N2O2/c1-10-3-2-4-11(5-10)6-15(16(20)22)21-17(23)12-7-13(18)9-14(19)8-12/h2-5,7-9,15H,6H2,1H3,(H2,20,22)(H,21,23)/t15-/m1/s1. The molecule has 0 aromatic heterocycles. The molecule has 0 aliphatic rings. The molecule has 4 nitrogen and oxygen atoms in total. The van der Waals surface area contributed by atoms with Crippen LogP contribution in [0.1, 0.15) is 21.5 Å². The van der Waals surface area contributed by atoms with E-state index in [-0.39, 0.29) is 5.91 Å². The molecular weight excluding hydrogens is 424 g/mol. The summed E-state index contributed by atoms with van der Waals surface area (Å²) < 4.78 is 1.54. The zero-order valence-electron chi connectivity index (χ0n) is 12.5. The third-order valence-electron chi connectivity index (χ3n) is 3.30. The van der Waals surface area contributed by atoms with Gasteiger partial charge in [-0.3, -0.25) is 9.59 Å². The molecule has 2 aromatic carbocycles. The van der Waals surface area contributed by atoms with Crippen LogP contribution in [0, 0.1) is 6.92 Å². The Morgan fingerprint density at radius 3 is 2.35 bits per heavy atom. The van der Waals surface area contributed by atoms with Gasteiger partial charge in [0.15, 0.2) is 0 Å². The molecule has 3 N–H and O–H groups in total. The Morgan fingerprint density at radius 2 is 1.78 bits per heavy atom. The van der Waals surface area contributed by atoms with Gasteiger partial charge in [-0.2, -0.15) is 0 Å². The van der Waals surface area contributed by atoms with E-state index in [1.54, 1.807) is 12.1 Å². The van der Waals surface area contributed by atoms with E-state index in [1.165, 1.54) is 0 Å². The molecule has 120 valence electrons. The molecule has 0 fully saturated rings. The Kier molecular flexibility index (Phi) is 5.96. The van der Waals surface area contributed by atoms with Crippen molar-refractivity contribution in [1.82, 2.24) is 5.32 Å². The van der Waals surface area contributed by atoms with Crippen molar-refractivity contribution in [1.29, 1.82) is 0 Å². The maximum Gasteiger partial charge on any atom is 0.252 e. The van der Waals surface area contributed by atoms with Crippen LogP contribution in [-0.2, 0) is 11.2 Å². The topological polar surface area (TPSA) is 72.2 Å². The lowest BCUT2D eigenvalue weighted by Gasteiger charge is -2.16. The van der Waals surface area contributed by atoms with Crippen molar-refractivity contribution in [3.8, 4) is 0 Å². The van der Waals surface area contributed by atoms with E-state index >= 15 is 0 Å². The second-order valence-corrected chi connectivity index (χ2v) is 7.11. The second-order valence-electron chi connectivity index (χ2n) is 5.28. The summed E-state index contributed by atoms with van der Waals surface area (Å²) in [6.45, 7) is 1.97. The number of nitrogens with two attached hydrogens (primary N) is 1. The molecule has 0 saturated carbocycles. The van der Waals surface area contributed by atoms with Gasteiger partial charge in [0.25, 0.3) is 5.91 Å². The second kappa shape index (κ2) is 7.75. The minimum atomic E-state index is -0.762. The molecule has 2 amide bonds. The van der Waals surface area contributed by atoms with Gasteiger partial charge in [-0.05, 0) is 30.7 Å². The Morgan fingerprint density at radius 1 is 1.13 bits per heavy atom. The summed E-state index contributed by atoms with van der Waals surface area (Å²) >= 11 is 6.67. The van der Waals surface area contributed by atoms with Crippen LogP contribution in [0.2, 0.25) is 0 Å². The van der Waals surface area contributed by atoms with E-state index in [0.29, 0.717) is 12.0 Å². The van der Waals surface area contributed by atoms with Crippen molar-refractivity contribution in [2.24, 2.45) is 5.73 Å². The van der Waals surface area contributed by atoms with E-state index in [9.17, 15) is 9.59 Å². The highest BCUT2D eigenvalue weighted by Crippen LogP contribution is 2.20. The molecule has 2 rings (SSSR count). The quantitative estimate of drug-likeness (QED) is 0.749. The maximum absolute atomic E-state index is 12.4. The summed E-state index contributed by atoms with van der Waals surface area (Å²) in [7, 11) is 0. The molecule has 0 saturated heterocycles. The largest absolute Gasteiger partial charge is 0.368 e. The molecular formula is C17H16Br2N2O2. The monoisotopic (exact) mass is 438 g/mol. The molecule has 0 heterocycles. The molecule has 6 heteroatoms. The first-order valence-electron chi connectivity index (χ1n) is 6.97. The predicted molar refractivity (Wildman–Crippen MR) is 97.2 cm³/mol. The van der Waals surface area contributed by atoms with Crippen molar-refractivity contribution in [3.63, 3.8) is 0 Å². The summed E-state index contributed by atoms with van der Waals surface area (Å²) in [5.74, 6) is -0.905. The number of primary amides is 1. The average Bonchev–Trinajstić information content (AvgIpc) is 2.45. The SMILES string of the molecule is Cc1cccc(C[C@@H](NC(=O)c2cc(Br)cc(Br)c2)C(N)=O)c1. The van der Waals surface area contributed by atoms with Crippen LogP contribution in [0.25, 0.3) is 0 Å². The van der Waals surface area contributed by atoms with Gasteiger partial charge < -0.3 is 11.1 Å². The van der Waals surface area contributed by atoms with Crippen LogP contribution < -0.4 is 11.1 Å². The fourth-order valence-electron chi connectivity index (χ4n) is 2.22. The minimum Gasteiger partial charge on any atom is -0.368 e. The van der Waals surface area contributed by atoms with Gasteiger partial charge in [0, 0.05) is 20.9 Å². The van der Waals surface area contributed by atoms with Crippen molar-refractivity contribution >= 4 is 43.7 Å². The summed E-state index contributed by atoms with van der Waals surface area (Å²) in [6.07, 6.45) is 0.359. The van der Waals surface area contributed by atoms with Gasteiger partial charge >= 0.3 is 0 Å². The average molecular weight is 440 g/mol. The molecule has 0 spiro atoms. The van der Waals surface area contributed by atoms with Crippen LogP contribution in [0.3, 0.4) is 0 Å². The third-order valence-corrected chi connectivity index (χ3v) is 4.21. The number of aryl methyl sites for hydroxylation is 1. The molecule has 1 atom stereocenters. The maximum atomic E-state index is 12.4. The van der Waals surface area contributed by atoms with Crippen LogP contribution >= 0.6 is 31.9 Å². The van der Waals surface area contributed by atoms with Crippen LogP contribution in [-0.4, -0.2) is 17.9 Å². The fraction of sp³-hybridized carbons (Fsp3) is 0.176. The molecule has 0 unspecified atom stereocenters. The Bertz CT molecular complexity index is 727. The number of hydrogen-bond acceptors (Lipinski definition) is 2. The zero-order chi connectivity index (χ0) is 17.0. The van der Waals surface area contributed by atoms with Gasteiger partial charge in [-0.15, -0.1) is 0 Å². The first-order chi connectivity index (χ1) is 10.8. The van der Waals surface area contributed by atoms with E-state index in [0.717, 1.165) is 20.1 Å². The van der Waals surface area contributed by atoms with Crippen molar-refractivity contribution < 1.29 is 9.59 Å². The number of halogens is 2. The molecule has 0 bridgehead atoms. The highest BCUT2D eigenvalue weighted by atomic mass is 79.9. The number of amides is 2. The number of benzene rings is 2. The lowest BCUT2D eigenvalue weighted by Crippen LogP contribution is -2.45. The van der Waals surface area contributed by atoms with Gasteiger partial charge in [0.1, 0.15) is 6.04 Å². The number of carbonyl (C=O) groups excluding carboxylic acids is 2. The Balaban J connectivity index is 2.15. The molecule has 0 aliphatic carbocycles. The lowest BCUT2D eigenvalue weighted by molar-refractivity contribution is -0.119. The molecule has 0 aliphatic heterocycles. The van der Waals surface area contributed by atoms with E-state index in [2.05, 4.69) is 37.2 Å². The lowest BCUT2D eigenvalue weighted by atomic mass is 10.0. The Labute approximate surface area is 151 Å². The van der Waals surface area contributed by atoms with Gasteiger partial charge in [0.05, 0.1) is 0 Å². The van der Waals surface area contributed by atoms with E-state index in [4.69, 9.17) is 5.73 Å². The van der Waals surface area contributed by atoms with Crippen molar-refractivity contribution in [2.75, 3.05) is 0 Å². The zero-order valence-corrected chi connectivity index (χ0v) is 15.6. The van der Waals surface area contributed by atoms with Crippen molar-refractivity contribution in [2.45, 2.75) is 19.4 Å². The number of nitrogens with one attached hydrogen (secondary N) is 1. The predicted octanol–water partition coefficient (Wildman–Crippen LogP) is 3.35. The molecule has 2 aromatic rings. The Hall–Kier alpha value is -1.66. The number of hydrogen-bond donors (Lipinski definition) is 2. The summed E-state index contributed by atoms with van der Waals surface area (Å²) in [5, 5.41) is 2.70. The first kappa shape index (κ1) is 17.7. The van der Waals surface area contributed by atoms with Crippen LogP contribution in [0.4, 0.5) is 0 Å². The first-order valence-corrected chi connectivity index (χ1v) is 8.55. The van der Waals surface area contributed by atoms with E-state index in [1.807, 2.05) is 37.3 Å². The normalized spacial score (nSPS) is 11.8. The molecule has 23 heavy (non-hydrogen) atoms. The summed E-state index contributed by atoms with van der Waals surface area (Å²) in [4.78, 5) is 24.0. The molecule has 0 radical (unpaired) electrons. The third kappa shape index (κ3) is 5.18. The number of rotatable bonds is 5. The van der Waals surface area contributed by atoms with E-state index < -0.39 is 11.9 Å². The van der Waals surface area contributed by atoms with Crippen LogP contribution in [0.15, 0.2) is 51.4 Å². The highest BCUT2D eigenvalue weighted by molar-refractivity contribution is 9.11. The van der Waals surface area contributed by atoms with Gasteiger partial charge in [-0.25, -0.2) is 0 Å². The van der Waals surface area contributed by atoms with Crippen LogP contribution in [0.5, 0.6) is 0 Å². The smallest absolute Gasteiger partial charge is 0.252 e. The fourth-order valence-corrected chi connectivity index (χ4v) is 3.52. The van der Waals surface area contributed by atoms with Gasteiger partial charge in [-0.1, -0.05) is 61.7 Å². The summed E-state index contributed by atoms with van der Waals surface area (Å²) in [5.41, 5.74) is 7.92. The number of carbonyl (C=O) groups is 2. The minimum absolute atomic E-state index is 0.344. The van der Waals surface area contributed by atoms with Gasteiger partial charge in [0.2, 0.25) is 5.91 Å². The summed E-state index contributed by atoms with van der Waals surface area (Å²) in [6, 6.07) is 12.2. The van der Waals surface area contributed by atoms with Crippen molar-refractivity contribution in [3.05, 3.63) is 68.1 Å². The highest BCUT2D eigenvalue weighted by Gasteiger charge is 2.20.